The number of aliphatic hydroxyl groups excluding tert-OH is 3. The van der Waals surface area contributed by atoms with Gasteiger partial charge in [0.2, 0.25) is 12.2 Å². The number of pyridine rings is 2. The van der Waals surface area contributed by atoms with Gasteiger partial charge in [-0.1, -0.05) is 23.3 Å². The fourth-order valence-corrected chi connectivity index (χ4v) is 5.10. The number of azide groups is 1. The maximum atomic E-state index is 13.1. The molecule has 0 radical (unpaired) electrons. The fourth-order valence-electron chi connectivity index (χ4n) is 5.10. The number of ether oxygens (including phenoxy) is 4. The summed E-state index contributed by atoms with van der Waals surface area (Å²) in [6.07, 6.45) is -0.391. The number of alkyl halides is 2. The number of halogens is 2. The number of aromatic nitrogens is 2. The molecular weight excluding hydrogens is 608 g/mol. The molecule has 1 saturated carbocycles. The zero-order valence-corrected chi connectivity index (χ0v) is 25.1. The van der Waals surface area contributed by atoms with Crippen molar-refractivity contribution in [3.05, 3.63) is 87.7 Å². The molecular formula is C31H35F2N5O8. The molecule has 15 heteroatoms. The summed E-state index contributed by atoms with van der Waals surface area (Å²) in [4.78, 5) is 11.5. The quantitative estimate of drug-likeness (QED) is 0.121. The lowest BCUT2D eigenvalue weighted by molar-refractivity contribution is -0.239. The van der Waals surface area contributed by atoms with Gasteiger partial charge in [0.1, 0.15) is 23.9 Å². The Morgan fingerprint density at radius 1 is 1.02 bits per heavy atom. The second-order valence-corrected chi connectivity index (χ2v) is 11.7. The van der Waals surface area contributed by atoms with E-state index in [1.165, 1.54) is 6.07 Å². The molecule has 3 heterocycles. The molecule has 0 bridgehead atoms. The Bertz CT molecular complexity index is 1510. The molecule has 1 unspecified atom stereocenters. The van der Waals surface area contributed by atoms with E-state index in [1.54, 1.807) is 56.6 Å². The van der Waals surface area contributed by atoms with Crippen LogP contribution in [0.2, 0.25) is 0 Å². The molecule has 1 aliphatic carbocycles. The van der Waals surface area contributed by atoms with E-state index in [1.807, 2.05) is 6.07 Å². The standard InChI is InChI=1S/C31H35F2N5O8/c1-31(2,42)24-9-5-18(14-35-24)20(17-4-8-21(45-30(32)33)22(12-17)43-19-6-7-19)11-16-3-10-25(36-13-16)46-29-26(37-38-34)28(41)27(40)23(15-39)44-29/h3-5,8-10,12-14,19-20,23,26-30,39-42H,6-7,11,15H2,1-2H3/t20-,23+,26+,27+,28+,29?/m0/s1. The van der Waals surface area contributed by atoms with Gasteiger partial charge in [-0.25, -0.2) is 4.98 Å². The van der Waals surface area contributed by atoms with Crippen LogP contribution in [-0.2, 0) is 16.8 Å². The minimum Gasteiger partial charge on any atom is -0.487 e. The Morgan fingerprint density at radius 2 is 1.78 bits per heavy atom. The highest BCUT2D eigenvalue weighted by atomic mass is 19.3. The first kappa shape index (κ1) is 33.3. The average Bonchev–Trinajstić information content (AvgIpc) is 3.85. The lowest BCUT2D eigenvalue weighted by Crippen LogP contribution is -2.59. The molecule has 2 fully saturated rings. The molecule has 0 spiro atoms. The summed E-state index contributed by atoms with van der Waals surface area (Å²) in [5, 5.41) is 43.9. The van der Waals surface area contributed by atoms with E-state index >= 15 is 0 Å². The first-order valence-corrected chi connectivity index (χ1v) is 14.7. The van der Waals surface area contributed by atoms with Crippen molar-refractivity contribution in [2.24, 2.45) is 5.11 Å². The maximum Gasteiger partial charge on any atom is 0.387 e. The molecule has 1 aromatic carbocycles. The van der Waals surface area contributed by atoms with Gasteiger partial charge >= 0.3 is 6.61 Å². The molecule has 4 N–H and O–H groups in total. The van der Waals surface area contributed by atoms with E-state index in [9.17, 15) is 29.2 Å². The predicted octanol–water partition coefficient (Wildman–Crippen LogP) is 3.72. The van der Waals surface area contributed by atoms with Gasteiger partial charge in [0, 0.05) is 29.3 Å². The summed E-state index contributed by atoms with van der Waals surface area (Å²) in [5.74, 6) is -0.137. The minimum atomic E-state index is -3.02. The maximum absolute atomic E-state index is 13.1. The highest BCUT2D eigenvalue weighted by Gasteiger charge is 2.45. The van der Waals surface area contributed by atoms with E-state index in [2.05, 4.69) is 20.0 Å². The summed E-state index contributed by atoms with van der Waals surface area (Å²) < 4.78 is 48.1. The van der Waals surface area contributed by atoms with Crippen LogP contribution in [0.15, 0.2) is 60.0 Å². The van der Waals surface area contributed by atoms with E-state index in [4.69, 9.17) is 24.5 Å². The molecule has 6 atom stereocenters. The molecule has 46 heavy (non-hydrogen) atoms. The van der Waals surface area contributed by atoms with Crippen molar-refractivity contribution in [3.8, 4) is 17.4 Å². The first-order valence-electron chi connectivity index (χ1n) is 14.7. The van der Waals surface area contributed by atoms with E-state index in [-0.39, 0.29) is 29.4 Å². The summed E-state index contributed by atoms with van der Waals surface area (Å²) in [7, 11) is 0. The van der Waals surface area contributed by atoms with Gasteiger partial charge < -0.3 is 39.4 Å². The second kappa shape index (κ2) is 14.1. The lowest BCUT2D eigenvalue weighted by atomic mass is 9.86. The number of nitrogens with zero attached hydrogens (tertiary/aromatic N) is 5. The molecule has 13 nitrogen and oxygen atoms in total. The molecule has 1 saturated heterocycles. The van der Waals surface area contributed by atoms with Crippen LogP contribution in [0.1, 0.15) is 55.0 Å². The van der Waals surface area contributed by atoms with Crippen molar-refractivity contribution in [2.45, 2.75) is 88.0 Å². The van der Waals surface area contributed by atoms with E-state index in [0.29, 0.717) is 12.1 Å². The van der Waals surface area contributed by atoms with E-state index in [0.717, 1.165) is 29.5 Å². The topological polar surface area (TPSA) is 192 Å². The van der Waals surface area contributed by atoms with Gasteiger partial charge in [0.05, 0.1) is 24.5 Å². The Balaban J connectivity index is 1.42. The number of rotatable bonds is 13. The predicted molar refractivity (Wildman–Crippen MR) is 157 cm³/mol. The van der Waals surface area contributed by atoms with Crippen LogP contribution in [-0.4, -0.2) is 80.4 Å². The molecule has 3 aromatic rings. The van der Waals surface area contributed by atoms with Crippen molar-refractivity contribution in [3.63, 3.8) is 0 Å². The molecule has 246 valence electrons. The van der Waals surface area contributed by atoms with Crippen molar-refractivity contribution in [1.29, 1.82) is 0 Å². The van der Waals surface area contributed by atoms with E-state index < -0.39 is 49.5 Å². The van der Waals surface area contributed by atoms with Crippen molar-refractivity contribution >= 4 is 0 Å². The monoisotopic (exact) mass is 643 g/mol. The number of hydrogen-bond donors (Lipinski definition) is 4. The number of aliphatic hydroxyl groups is 4. The van der Waals surface area contributed by atoms with Crippen molar-refractivity contribution in [2.75, 3.05) is 6.61 Å². The van der Waals surface area contributed by atoms with Crippen LogP contribution < -0.4 is 14.2 Å². The Morgan fingerprint density at radius 3 is 2.37 bits per heavy atom. The fraction of sp³-hybridized carbons (Fsp3) is 0.484. The van der Waals surface area contributed by atoms with Crippen molar-refractivity contribution in [1.82, 2.24) is 9.97 Å². The van der Waals surface area contributed by atoms with Gasteiger partial charge in [-0.15, -0.1) is 0 Å². The lowest BCUT2D eigenvalue weighted by Gasteiger charge is -2.39. The second-order valence-electron chi connectivity index (χ2n) is 11.7. The highest BCUT2D eigenvalue weighted by Crippen LogP contribution is 2.39. The van der Waals surface area contributed by atoms with Gasteiger partial charge in [0.15, 0.2) is 11.5 Å². The molecule has 5 rings (SSSR count). The van der Waals surface area contributed by atoms with Gasteiger partial charge in [-0.05, 0) is 73.5 Å². The Hall–Kier alpha value is -4.11. The number of benzene rings is 1. The zero-order chi connectivity index (χ0) is 33.0. The van der Waals surface area contributed by atoms with Crippen molar-refractivity contribution < 1.29 is 48.2 Å². The average molecular weight is 644 g/mol. The SMILES string of the molecule is CC(C)(O)c1ccc([C@@H](Cc2ccc(OC3O[C@H](CO)[C@@H](O)[C@H](O)[C@H]3N=[N+]=[N-])nc2)c2ccc(OC(F)F)c(OC3CC3)c2)cn1. The molecule has 0 amide bonds. The van der Waals surface area contributed by atoms with Gasteiger partial charge in [-0.3, -0.25) is 4.98 Å². The first-order chi connectivity index (χ1) is 22.0. The Kier molecular flexibility index (Phi) is 10.2. The highest BCUT2D eigenvalue weighted by molar-refractivity contribution is 5.47. The number of hydrogen-bond acceptors (Lipinski definition) is 11. The van der Waals surface area contributed by atoms with Crippen LogP contribution in [0.5, 0.6) is 17.4 Å². The Labute approximate surface area is 263 Å². The smallest absolute Gasteiger partial charge is 0.387 e. The summed E-state index contributed by atoms with van der Waals surface area (Å²) >= 11 is 0. The zero-order valence-electron chi connectivity index (χ0n) is 25.1. The molecule has 2 aromatic heterocycles. The van der Waals surface area contributed by atoms with Gasteiger partial charge in [0.25, 0.3) is 0 Å². The van der Waals surface area contributed by atoms with Crippen LogP contribution in [0.3, 0.4) is 0 Å². The minimum absolute atomic E-state index is 0.0619. The third-order valence-corrected chi connectivity index (χ3v) is 7.73. The normalized spacial score (nSPS) is 23.8. The third-order valence-electron chi connectivity index (χ3n) is 7.73. The van der Waals surface area contributed by atoms with Crippen LogP contribution in [0.4, 0.5) is 8.78 Å². The third kappa shape index (κ3) is 7.99. The van der Waals surface area contributed by atoms with Crippen LogP contribution >= 0.6 is 0 Å². The molecule has 1 aliphatic heterocycles. The summed E-state index contributed by atoms with van der Waals surface area (Å²) in [6, 6.07) is 10.4. The van der Waals surface area contributed by atoms with Crippen LogP contribution in [0.25, 0.3) is 10.4 Å². The molecule has 2 aliphatic rings. The van der Waals surface area contributed by atoms with Gasteiger partial charge in [-0.2, -0.15) is 8.78 Å². The summed E-state index contributed by atoms with van der Waals surface area (Å²) in [5.41, 5.74) is 10.5. The van der Waals surface area contributed by atoms with Crippen LogP contribution in [0, 0.1) is 0 Å². The largest absolute Gasteiger partial charge is 0.487 e. The summed E-state index contributed by atoms with van der Waals surface area (Å²) in [6.45, 7) is -0.364.